The van der Waals surface area contributed by atoms with Crippen molar-refractivity contribution in [1.29, 1.82) is 0 Å². The van der Waals surface area contributed by atoms with Crippen LogP contribution in [-0.2, 0) is 16.6 Å². The predicted molar refractivity (Wildman–Crippen MR) is 96.6 cm³/mol. The molecule has 2 N–H and O–H groups in total. The third kappa shape index (κ3) is 4.73. The van der Waals surface area contributed by atoms with E-state index in [0.717, 1.165) is 24.8 Å². The minimum Gasteiger partial charge on any atom is -0.335 e. The molecule has 0 spiro atoms. The van der Waals surface area contributed by atoms with Crippen molar-refractivity contribution in [1.82, 2.24) is 14.9 Å². The Morgan fingerprint density at radius 2 is 1.80 bits per heavy atom. The van der Waals surface area contributed by atoms with Crippen LogP contribution in [0.15, 0.2) is 29.2 Å². The first-order valence-corrected chi connectivity index (χ1v) is 10.5. The highest BCUT2D eigenvalue weighted by atomic mass is 32.2. The molecule has 2 aliphatic rings. The average Bonchev–Trinajstić information content (AvgIpc) is 3.46. The van der Waals surface area contributed by atoms with E-state index in [4.69, 9.17) is 0 Å². The van der Waals surface area contributed by atoms with Gasteiger partial charge in [-0.1, -0.05) is 18.6 Å². The lowest BCUT2D eigenvalue weighted by molar-refractivity contribution is 0.236. The van der Waals surface area contributed by atoms with E-state index >= 15 is 0 Å². The third-order valence-electron chi connectivity index (χ3n) is 5.02. The molecule has 2 fully saturated rings. The summed E-state index contributed by atoms with van der Waals surface area (Å²) >= 11 is 0. The number of nitrogens with one attached hydrogen (secondary N) is 2. The number of benzene rings is 1. The molecule has 1 aliphatic carbocycles. The second kappa shape index (κ2) is 7.74. The summed E-state index contributed by atoms with van der Waals surface area (Å²) in [6.07, 6.45) is 5.33. The Bertz CT molecular complexity index is 693. The van der Waals surface area contributed by atoms with Crippen molar-refractivity contribution < 1.29 is 13.2 Å². The minimum atomic E-state index is -3.39. The second-order valence-corrected chi connectivity index (χ2v) is 9.00. The number of hydrogen-bond acceptors (Lipinski definition) is 3. The van der Waals surface area contributed by atoms with Gasteiger partial charge in [0, 0.05) is 25.7 Å². The lowest BCUT2D eigenvalue weighted by atomic mass is 10.2. The number of carbonyl (C=O) groups excluding carboxylic acids is 1. The van der Waals surface area contributed by atoms with E-state index in [2.05, 4.69) is 10.6 Å². The van der Waals surface area contributed by atoms with Gasteiger partial charge in [-0.3, -0.25) is 0 Å². The summed E-state index contributed by atoms with van der Waals surface area (Å²) in [7, 11) is -3.39. The highest BCUT2D eigenvalue weighted by Crippen LogP contribution is 2.32. The Kier molecular flexibility index (Phi) is 5.64. The van der Waals surface area contributed by atoms with Crippen LogP contribution in [0.2, 0.25) is 0 Å². The fourth-order valence-electron chi connectivity index (χ4n) is 3.19. The molecule has 0 bridgehead atoms. The van der Waals surface area contributed by atoms with Crippen molar-refractivity contribution in [2.45, 2.75) is 56.5 Å². The predicted octanol–water partition coefficient (Wildman–Crippen LogP) is 2.46. The highest BCUT2D eigenvalue weighted by molar-refractivity contribution is 7.89. The maximum atomic E-state index is 12.6. The van der Waals surface area contributed by atoms with Gasteiger partial charge in [-0.2, -0.15) is 4.31 Å². The van der Waals surface area contributed by atoms with E-state index in [0.29, 0.717) is 30.4 Å². The van der Waals surface area contributed by atoms with E-state index in [-0.39, 0.29) is 12.1 Å². The molecule has 25 heavy (non-hydrogen) atoms. The van der Waals surface area contributed by atoms with Crippen LogP contribution in [0.25, 0.3) is 0 Å². The van der Waals surface area contributed by atoms with Crippen molar-refractivity contribution in [3.8, 4) is 0 Å². The van der Waals surface area contributed by atoms with Gasteiger partial charge in [0.1, 0.15) is 0 Å². The smallest absolute Gasteiger partial charge is 0.315 e. The van der Waals surface area contributed by atoms with Gasteiger partial charge < -0.3 is 10.6 Å². The maximum absolute atomic E-state index is 12.6. The van der Waals surface area contributed by atoms with Gasteiger partial charge in [0.15, 0.2) is 0 Å². The number of carbonyl (C=O) groups is 1. The van der Waals surface area contributed by atoms with Crippen molar-refractivity contribution in [2.24, 2.45) is 5.92 Å². The van der Waals surface area contributed by atoms with Crippen LogP contribution in [-0.4, -0.2) is 37.9 Å². The Labute approximate surface area is 150 Å². The number of sulfonamides is 1. The van der Waals surface area contributed by atoms with Crippen LogP contribution in [0.5, 0.6) is 0 Å². The van der Waals surface area contributed by atoms with Gasteiger partial charge in [0.25, 0.3) is 0 Å². The molecule has 3 rings (SSSR count). The number of hydrogen-bond donors (Lipinski definition) is 2. The van der Waals surface area contributed by atoms with Crippen molar-refractivity contribution in [3.05, 3.63) is 29.8 Å². The quantitative estimate of drug-likeness (QED) is 0.813. The Hall–Kier alpha value is -1.60. The van der Waals surface area contributed by atoms with Gasteiger partial charge in [0.2, 0.25) is 10.0 Å². The number of piperidine rings is 1. The zero-order valence-corrected chi connectivity index (χ0v) is 15.5. The molecule has 0 aromatic heterocycles. The monoisotopic (exact) mass is 365 g/mol. The third-order valence-corrected chi connectivity index (χ3v) is 6.93. The number of urea groups is 1. The van der Waals surface area contributed by atoms with Crippen LogP contribution in [0, 0.1) is 5.92 Å². The van der Waals surface area contributed by atoms with E-state index in [1.165, 1.54) is 12.8 Å². The molecule has 2 amide bonds. The summed E-state index contributed by atoms with van der Waals surface area (Å²) < 4.78 is 26.8. The molecule has 1 saturated heterocycles. The van der Waals surface area contributed by atoms with Gasteiger partial charge >= 0.3 is 6.03 Å². The van der Waals surface area contributed by atoms with E-state index in [1.807, 2.05) is 6.92 Å². The fraction of sp³-hybridized carbons (Fsp3) is 0.611. The Balaban J connectivity index is 1.53. The van der Waals surface area contributed by atoms with Crippen LogP contribution < -0.4 is 10.6 Å². The highest BCUT2D eigenvalue weighted by Gasteiger charge is 2.29. The Morgan fingerprint density at radius 1 is 1.16 bits per heavy atom. The molecular formula is C18H27N3O3S. The number of amides is 2. The van der Waals surface area contributed by atoms with Gasteiger partial charge in [0.05, 0.1) is 4.90 Å². The molecule has 1 unspecified atom stereocenters. The summed E-state index contributed by atoms with van der Waals surface area (Å²) in [5.41, 5.74) is 0.881. The van der Waals surface area contributed by atoms with Crippen molar-refractivity contribution in [2.75, 3.05) is 13.1 Å². The van der Waals surface area contributed by atoms with Crippen LogP contribution in [0.4, 0.5) is 4.79 Å². The summed E-state index contributed by atoms with van der Waals surface area (Å²) in [5, 5.41) is 5.76. The van der Waals surface area contributed by atoms with E-state index in [1.54, 1.807) is 28.6 Å². The Morgan fingerprint density at radius 3 is 2.40 bits per heavy atom. The number of rotatable bonds is 6. The fourth-order valence-corrected chi connectivity index (χ4v) is 4.70. The maximum Gasteiger partial charge on any atom is 0.315 e. The molecule has 1 saturated carbocycles. The van der Waals surface area contributed by atoms with Gasteiger partial charge in [-0.15, -0.1) is 0 Å². The zero-order chi connectivity index (χ0) is 17.9. The molecule has 1 aromatic carbocycles. The summed E-state index contributed by atoms with van der Waals surface area (Å²) in [6.45, 7) is 3.61. The molecule has 1 atom stereocenters. The van der Waals surface area contributed by atoms with Crippen molar-refractivity contribution in [3.63, 3.8) is 0 Å². The SMILES string of the molecule is CC(NC(=O)NCc1ccc(S(=O)(=O)N2CCCCC2)cc1)C1CC1. The topological polar surface area (TPSA) is 78.5 Å². The normalized spacial score (nSPS) is 20.0. The van der Waals surface area contributed by atoms with Gasteiger partial charge in [-0.05, 0) is 56.2 Å². The first kappa shape index (κ1) is 18.2. The largest absolute Gasteiger partial charge is 0.335 e. The molecule has 1 aliphatic heterocycles. The standard InChI is InChI=1S/C18H27N3O3S/c1-14(16-7-8-16)20-18(22)19-13-15-5-9-17(10-6-15)25(23,24)21-11-3-2-4-12-21/h5-6,9-10,14,16H,2-4,7-8,11-13H2,1H3,(H2,19,20,22). The summed E-state index contributed by atoms with van der Waals surface area (Å²) in [4.78, 5) is 12.2. The first-order valence-electron chi connectivity index (χ1n) is 9.10. The second-order valence-electron chi connectivity index (χ2n) is 7.06. The molecule has 138 valence electrons. The number of nitrogens with zero attached hydrogens (tertiary/aromatic N) is 1. The molecular weight excluding hydrogens is 338 g/mol. The molecule has 0 radical (unpaired) electrons. The molecule has 1 aromatic rings. The van der Waals surface area contributed by atoms with Crippen LogP contribution in [0.1, 0.15) is 44.6 Å². The zero-order valence-electron chi connectivity index (χ0n) is 14.7. The molecule has 7 heteroatoms. The molecule has 6 nitrogen and oxygen atoms in total. The average molecular weight is 365 g/mol. The van der Waals surface area contributed by atoms with Gasteiger partial charge in [-0.25, -0.2) is 13.2 Å². The first-order chi connectivity index (χ1) is 12.0. The van der Waals surface area contributed by atoms with Crippen LogP contribution in [0.3, 0.4) is 0 Å². The van der Waals surface area contributed by atoms with E-state index < -0.39 is 10.0 Å². The van der Waals surface area contributed by atoms with Crippen LogP contribution >= 0.6 is 0 Å². The minimum absolute atomic E-state index is 0.176. The molecule has 1 heterocycles. The van der Waals surface area contributed by atoms with Crippen molar-refractivity contribution >= 4 is 16.1 Å². The lowest BCUT2D eigenvalue weighted by Gasteiger charge is -2.25. The van der Waals surface area contributed by atoms with E-state index in [9.17, 15) is 13.2 Å². The summed E-state index contributed by atoms with van der Waals surface area (Å²) in [5.74, 6) is 0.616. The summed E-state index contributed by atoms with van der Waals surface area (Å²) in [6, 6.07) is 6.82. The lowest BCUT2D eigenvalue weighted by Crippen LogP contribution is -2.41.